The van der Waals surface area contributed by atoms with Crippen LogP contribution in [0.3, 0.4) is 0 Å². The fourth-order valence-electron chi connectivity index (χ4n) is 4.42. The summed E-state index contributed by atoms with van der Waals surface area (Å²) in [5.74, 6) is -1.38. The number of alkyl carbamates (subject to hydrolysis) is 1. The fraction of sp³-hybridized carbons (Fsp3) is 0.250. The average molecular weight is 473 g/mol. The van der Waals surface area contributed by atoms with Gasteiger partial charge in [0.1, 0.15) is 12.6 Å². The summed E-state index contributed by atoms with van der Waals surface area (Å²) in [6.07, 6.45) is -0.114. The van der Waals surface area contributed by atoms with Crippen molar-refractivity contribution in [1.29, 1.82) is 0 Å². The highest BCUT2D eigenvalue weighted by Gasteiger charge is 2.29. The number of nitrogens with one attached hydrogen (secondary N) is 2. The number of carbonyl (C=O) groups is 3. The molecule has 0 unspecified atom stereocenters. The van der Waals surface area contributed by atoms with Crippen molar-refractivity contribution in [2.45, 2.75) is 31.2 Å². The van der Waals surface area contributed by atoms with Gasteiger partial charge in [0.15, 0.2) is 0 Å². The van der Waals surface area contributed by atoms with Crippen LogP contribution in [-0.4, -0.2) is 42.3 Å². The molecule has 0 aromatic heterocycles. The molecule has 1 aliphatic carbocycles. The molecule has 1 aliphatic rings. The number of hydrogen-bond donors (Lipinski definition) is 3. The first-order chi connectivity index (χ1) is 17.0. The van der Waals surface area contributed by atoms with Crippen LogP contribution in [0.5, 0.6) is 0 Å². The SMILES string of the molecule is O=C(O)CCCNC(=O)[C@@H](Cc1ccccc1)NC(=O)OCC1c2ccccc2-c2ccccc21. The van der Waals surface area contributed by atoms with E-state index < -0.39 is 18.1 Å². The average Bonchev–Trinajstić information content (AvgIpc) is 3.19. The first-order valence-electron chi connectivity index (χ1n) is 11.7. The van der Waals surface area contributed by atoms with E-state index in [1.165, 1.54) is 0 Å². The van der Waals surface area contributed by atoms with E-state index in [2.05, 4.69) is 22.8 Å². The van der Waals surface area contributed by atoms with Gasteiger partial charge in [0, 0.05) is 25.3 Å². The van der Waals surface area contributed by atoms with E-state index >= 15 is 0 Å². The van der Waals surface area contributed by atoms with E-state index in [9.17, 15) is 14.4 Å². The monoisotopic (exact) mass is 472 g/mol. The molecule has 3 aromatic rings. The maximum absolute atomic E-state index is 12.8. The largest absolute Gasteiger partial charge is 0.481 e. The third-order valence-corrected chi connectivity index (χ3v) is 6.10. The quantitative estimate of drug-likeness (QED) is 0.385. The first kappa shape index (κ1) is 24.0. The maximum Gasteiger partial charge on any atom is 0.407 e. The zero-order valence-electron chi connectivity index (χ0n) is 19.3. The highest BCUT2D eigenvalue weighted by Crippen LogP contribution is 2.44. The topological polar surface area (TPSA) is 105 Å². The van der Waals surface area contributed by atoms with Gasteiger partial charge in [0.2, 0.25) is 5.91 Å². The summed E-state index contributed by atoms with van der Waals surface area (Å²) in [5, 5.41) is 14.2. The van der Waals surface area contributed by atoms with Crippen molar-refractivity contribution in [2.24, 2.45) is 0 Å². The van der Waals surface area contributed by atoms with Crippen LogP contribution >= 0.6 is 0 Å². The molecule has 4 rings (SSSR count). The molecule has 7 nitrogen and oxygen atoms in total. The van der Waals surface area contributed by atoms with Crippen molar-refractivity contribution in [3.05, 3.63) is 95.6 Å². The van der Waals surface area contributed by atoms with E-state index in [0.29, 0.717) is 6.42 Å². The molecule has 2 amide bonds. The zero-order valence-corrected chi connectivity index (χ0v) is 19.3. The van der Waals surface area contributed by atoms with Gasteiger partial charge in [-0.1, -0.05) is 78.9 Å². The van der Waals surface area contributed by atoms with Crippen LogP contribution in [0.2, 0.25) is 0 Å². The number of benzene rings is 3. The van der Waals surface area contributed by atoms with Gasteiger partial charge in [-0.25, -0.2) is 4.79 Å². The first-order valence-corrected chi connectivity index (χ1v) is 11.7. The predicted octanol–water partition coefficient (Wildman–Crippen LogP) is 4.12. The number of amides is 2. The minimum absolute atomic E-state index is 0.0383. The maximum atomic E-state index is 12.8. The molecule has 35 heavy (non-hydrogen) atoms. The molecule has 7 heteroatoms. The van der Waals surface area contributed by atoms with Crippen molar-refractivity contribution in [1.82, 2.24) is 10.6 Å². The molecule has 0 heterocycles. The highest BCUT2D eigenvalue weighted by molar-refractivity contribution is 5.86. The van der Waals surface area contributed by atoms with Crippen LogP contribution in [0.15, 0.2) is 78.9 Å². The number of carbonyl (C=O) groups excluding carboxylic acids is 2. The van der Waals surface area contributed by atoms with Crippen molar-refractivity contribution in [3.63, 3.8) is 0 Å². The number of carboxylic acid groups (broad SMARTS) is 1. The Morgan fingerprint density at radius 1 is 0.857 bits per heavy atom. The van der Waals surface area contributed by atoms with Crippen molar-refractivity contribution >= 4 is 18.0 Å². The number of hydrogen-bond acceptors (Lipinski definition) is 4. The normalized spacial score (nSPS) is 12.8. The molecule has 3 aromatic carbocycles. The van der Waals surface area contributed by atoms with Crippen molar-refractivity contribution in [2.75, 3.05) is 13.2 Å². The minimum atomic E-state index is -0.920. The fourth-order valence-corrected chi connectivity index (χ4v) is 4.42. The molecule has 0 spiro atoms. The van der Waals surface area contributed by atoms with Crippen LogP contribution in [0, 0.1) is 0 Å². The number of rotatable bonds is 10. The second-order valence-electron chi connectivity index (χ2n) is 8.50. The Bertz CT molecular complexity index is 1150. The number of carboxylic acids is 1. The van der Waals surface area contributed by atoms with Crippen LogP contribution in [0.4, 0.5) is 4.79 Å². The van der Waals surface area contributed by atoms with Gasteiger partial charge in [-0.3, -0.25) is 9.59 Å². The van der Waals surface area contributed by atoms with Crippen LogP contribution in [-0.2, 0) is 20.7 Å². The smallest absolute Gasteiger partial charge is 0.407 e. The third kappa shape index (κ3) is 6.06. The molecule has 0 fully saturated rings. The lowest BCUT2D eigenvalue weighted by atomic mass is 9.98. The summed E-state index contributed by atoms with van der Waals surface area (Å²) in [6, 6.07) is 24.7. The van der Waals surface area contributed by atoms with Crippen molar-refractivity contribution < 1.29 is 24.2 Å². The van der Waals surface area contributed by atoms with Gasteiger partial charge >= 0.3 is 12.1 Å². The molecule has 0 bridgehead atoms. The molecule has 180 valence electrons. The van der Waals surface area contributed by atoms with Gasteiger partial charge in [0.25, 0.3) is 0 Å². The molecular weight excluding hydrogens is 444 g/mol. The summed E-state index contributed by atoms with van der Waals surface area (Å²) in [6.45, 7) is 0.362. The van der Waals surface area contributed by atoms with E-state index in [4.69, 9.17) is 9.84 Å². The predicted molar refractivity (Wildman–Crippen MR) is 132 cm³/mol. The van der Waals surface area contributed by atoms with Gasteiger partial charge < -0.3 is 20.5 Å². The van der Waals surface area contributed by atoms with E-state index in [1.54, 1.807) is 0 Å². The molecular formula is C28H28N2O5. The van der Waals surface area contributed by atoms with Crippen LogP contribution in [0.1, 0.15) is 35.4 Å². The summed E-state index contributed by atoms with van der Waals surface area (Å²) in [4.78, 5) is 36.3. The Morgan fingerprint density at radius 2 is 1.46 bits per heavy atom. The second kappa shape index (κ2) is 11.3. The lowest BCUT2D eigenvalue weighted by Gasteiger charge is -2.20. The summed E-state index contributed by atoms with van der Waals surface area (Å²) in [7, 11) is 0. The van der Waals surface area contributed by atoms with Gasteiger partial charge in [0.05, 0.1) is 0 Å². The Labute approximate surface area is 204 Å². The molecule has 0 radical (unpaired) electrons. The van der Waals surface area contributed by atoms with Gasteiger partial charge in [-0.2, -0.15) is 0 Å². The second-order valence-corrected chi connectivity index (χ2v) is 8.50. The number of fused-ring (bicyclic) bond motifs is 3. The molecule has 0 aliphatic heterocycles. The lowest BCUT2D eigenvalue weighted by Crippen LogP contribution is -2.48. The summed E-state index contributed by atoms with van der Waals surface area (Å²) in [5.41, 5.74) is 5.38. The Kier molecular flexibility index (Phi) is 7.77. The molecule has 1 atom stereocenters. The minimum Gasteiger partial charge on any atom is -0.481 e. The molecule has 0 saturated heterocycles. The van der Waals surface area contributed by atoms with E-state index in [0.717, 1.165) is 27.8 Å². The van der Waals surface area contributed by atoms with E-state index in [1.807, 2.05) is 66.7 Å². The summed E-state index contributed by atoms with van der Waals surface area (Å²) >= 11 is 0. The Hall–Kier alpha value is -4.13. The molecule has 3 N–H and O–H groups in total. The number of aliphatic carboxylic acids is 1. The van der Waals surface area contributed by atoms with Crippen LogP contribution in [0.25, 0.3) is 11.1 Å². The number of ether oxygens (including phenoxy) is 1. The van der Waals surface area contributed by atoms with Gasteiger partial charge in [-0.05, 0) is 34.2 Å². The zero-order chi connectivity index (χ0) is 24.6. The van der Waals surface area contributed by atoms with Crippen LogP contribution < -0.4 is 10.6 Å². The Morgan fingerprint density at radius 3 is 2.09 bits per heavy atom. The highest BCUT2D eigenvalue weighted by atomic mass is 16.5. The summed E-state index contributed by atoms with van der Waals surface area (Å²) < 4.78 is 5.61. The Balaban J connectivity index is 1.40. The molecule has 0 saturated carbocycles. The standard InChI is InChI=1S/C28H28N2O5/c31-26(32)15-8-16-29-27(33)25(17-19-9-2-1-3-10-19)30-28(34)35-18-24-22-13-6-4-11-20(22)21-12-5-7-14-23(21)24/h1-7,9-14,24-25H,8,15-18H2,(H,29,33)(H,30,34)(H,31,32)/t25-/m1/s1. The van der Waals surface area contributed by atoms with Gasteiger partial charge in [-0.15, -0.1) is 0 Å². The van der Waals surface area contributed by atoms with E-state index in [-0.39, 0.29) is 37.8 Å². The third-order valence-electron chi connectivity index (χ3n) is 6.10. The van der Waals surface area contributed by atoms with Crippen molar-refractivity contribution in [3.8, 4) is 11.1 Å². The lowest BCUT2D eigenvalue weighted by molar-refractivity contribution is -0.137.